The lowest BCUT2D eigenvalue weighted by atomic mass is 10.4. The number of esters is 1. The second-order valence-corrected chi connectivity index (χ2v) is 14.9. The molecule has 0 heterocycles. The smallest absolute Gasteiger partial charge is 0.329 e. The Bertz CT molecular complexity index is 902. The zero-order valence-corrected chi connectivity index (χ0v) is 18.9. The second-order valence-electron chi connectivity index (χ2n) is 7.35. The summed E-state index contributed by atoms with van der Waals surface area (Å²) >= 11 is 0. The van der Waals surface area contributed by atoms with Gasteiger partial charge in [0, 0.05) is 6.08 Å². The Morgan fingerprint density at radius 1 is 0.793 bits per heavy atom. The van der Waals surface area contributed by atoms with Crippen LogP contribution < -0.4 is 15.6 Å². The molecule has 0 aromatic heterocycles. The lowest BCUT2D eigenvalue weighted by Gasteiger charge is -2.39. The Hall–Kier alpha value is -2.74. The molecule has 0 unspecified atom stereocenters. The highest BCUT2D eigenvalue weighted by molar-refractivity contribution is 7.04. The van der Waals surface area contributed by atoms with Crippen LogP contribution in [0.1, 0.15) is 0 Å². The molecule has 0 fully saturated rings. The first-order chi connectivity index (χ1) is 14.0. The molecule has 0 radical (unpaired) electrons. The molecule has 3 aromatic rings. The van der Waals surface area contributed by atoms with Crippen molar-refractivity contribution in [1.82, 2.24) is 0 Å². The molecule has 5 heteroatoms. The Morgan fingerprint density at radius 2 is 1.21 bits per heavy atom. The lowest BCUT2D eigenvalue weighted by Crippen LogP contribution is -2.70. The number of hydrogen-bond donors (Lipinski definition) is 0. The third-order valence-electron chi connectivity index (χ3n) is 4.96. The Balaban J connectivity index is 2.15. The van der Waals surface area contributed by atoms with Crippen LogP contribution in [-0.2, 0) is 13.6 Å². The van der Waals surface area contributed by atoms with Crippen molar-refractivity contribution < 1.29 is 13.6 Å². The van der Waals surface area contributed by atoms with E-state index in [2.05, 4.69) is 56.1 Å². The van der Waals surface area contributed by atoms with Gasteiger partial charge in [-0.05, 0) is 28.7 Å². The van der Waals surface area contributed by atoms with Crippen molar-refractivity contribution in [3.05, 3.63) is 104 Å². The molecule has 148 valence electrons. The third-order valence-corrected chi connectivity index (χ3v) is 13.2. The van der Waals surface area contributed by atoms with Gasteiger partial charge >= 0.3 is 5.97 Å². The Labute approximate surface area is 174 Å². The van der Waals surface area contributed by atoms with E-state index in [1.54, 1.807) is 0 Å². The molecule has 3 aromatic carbocycles. The van der Waals surface area contributed by atoms with Gasteiger partial charge in [0.05, 0.1) is 0 Å². The highest BCUT2D eigenvalue weighted by Gasteiger charge is 2.46. The number of hydrogen-bond acceptors (Lipinski definition) is 3. The van der Waals surface area contributed by atoms with Crippen LogP contribution in [0, 0.1) is 0 Å². The van der Waals surface area contributed by atoms with E-state index in [0.29, 0.717) is 0 Å². The molecule has 29 heavy (non-hydrogen) atoms. The molecule has 0 saturated heterocycles. The van der Waals surface area contributed by atoms with E-state index < -0.39 is 22.6 Å². The summed E-state index contributed by atoms with van der Waals surface area (Å²) in [6.07, 6.45) is 1.41. The van der Waals surface area contributed by atoms with Crippen LogP contribution in [0.15, 0.2) is 104 Å². The summed E-state index contributed by atoms with van der Waals surface area (Å²) in [7, 11) is -5.19. The second kappa shape index (κ2) is 9.17. The van der Waals surface area contributed by atoms with E-state index in [9.17, 15) is 4.79 Å². The van der Waals surface area contributed by atoms with E-state index in [0.717, 1.165) is 10.4 Å². The maximum atomic E-state index is 12.0. The molecule has 0 bridgehead atoms. The maximum absolute atomic E-state index is 12.0. The van der Waals surface area contributed by atoms with E-state index in [4.69, 9.17) is 8.85 Å². The van der Waals surface area contributed by atoms with Crippen molar-refractivity contribution in [1.29, 1.82) is 0 Å². The zero-order chi connectivity index (χ0) is 20.7. The van der Waals surface area contributed by atoms with Crippen molar-refractivity contribution in [2.24, 2.45) is 0 Å². The molecule has 0 aliphatic heterocycles. The monoisotopic (exact) mass is 418 g/mol. The first-order valence-corrected chi connectivity index (χ1v) is 14.7. The van der Waals surface area contributed by atoms with Gasteiger partial charge < -0.3 is 8.85 Å². The van der Waals surface area contributed by atoms with Crippen molar-refractivity contribution in [2.75, 3.05) is 6.23 Å². The van der Waals surface area contributed by atoms with Gasteiger partial charge in [-0.2, -0.15) is 0 Å². The van der Waals surface area contributed by atoms with Gasteiger partial charge in [-0.3, -0.25) is 0 Å². The molecule has 0 aliphatic carbocycles. The van der Waals surface area contributed by atoms with Gasteiger partial charge in [0.25, 0.3) is 8.32 Å². The predicted octanol–water partition coefficient (Wildman–Crippen LogP) is 3.14. The van der Waals surface area contributed by atoms with E-state index in [1.807, 2.05) is 54.6 Å². The summed E-state index contributed by atoms with van der Waals surface area (Å²) in [5.74, 6) is -0.434. The first kappa shape index (κ1) is 21.0. The van der Waals surface area contributed by atoms with E-state index in [-0.39, 0.29) is 6.23 Å². The van der Waals surface area contributed by atoms with Crippen molar-refractivity contribution in [2.45, 2.75) is 13.1 Å². The fourth-order valence-electron chi connectivity index (χ4n) is 3.46. The fraction of sp³-hybridized carbons (Fsp3) is 0.125. The molecule has 0 aliphatic rings. The molecule has 3 rings (SSSR count). The third kappa shape index (κ3) is 4.82. The highest BCUT2D eigenvalue weighted by Crippen LogP contribution is 2.17. The summed E-state index contributed by atoms with van der Waals surface area (Å²) in [5.41, 5.74) is 0. The van der Waals surface area contributed by atoms with Crippen LogP contribution in [0.25, 0.3) is 0 Å². The van der Waals surface area contributed by atoms with Gasteiger partial charge in [-0.15, -0.1) is 0 Å². The number of carbonyl (C=O) groups is 1. The van der Waals surface area contributed by atoms with Crippen LogP contribution in [-0.4, -0.2) is 28.8 Å². The quantitative estimate of drug-likeness (QED) is 0.320. The topological polar surface area (TPSA) is 35.5 Å². The molecule has 0 saturated carbocycles. The molecule has 0 atom stereocenters. The van der Waals surface area contributed by atoms with Crippen LogP contribution >= 0.6 is 0 Å². The molecular weight excluding hydrogens is 392 g/mol. The van der Waals surface area contributed by atoms with Crippen molar-refractivity contribution in [3.8, 4) is 0 Å². The summed E-state index contributed by atoms with van der Waals surface area (Å²) in [6, 6.07) is 30.7. The maximum Gasteiger partial charge on any atom is 0.329 e. The predicted molar refractivity (Wildman–Crippen MR) is 124 cm³/mol. The van der Waals surface area contributed by atoms with Crippen molar-refractivity contribution in [3.63, 3.8) is 0 Å². The minimum absolute atomic E-state index is 0.204. The largest absolute Gasteiger partial charge is 0.462 e. The number of rotatable bonds is 8. The zero-order valence-electron chi connectivity index (χ0n) is 16.9. The SMILES string of the molecule is C=CC(=O)OC[Si](O[Si](C)(C)c1ccccc1)(c1ccccc1)c1ccccc1. The average molecular weight is 419 g/mol. The Kier molecular flexibility index (Phi) is 6.64. The van der Waals surface area contributed by atoms with E-state index >= 15 is 0 Å². The minimum Gasteiger partial charge on any atom is -0.462 e. The van der Waals surface area contributed by atoms with Crippen molar-refractivity contribution >= 4 is 38.2 Å². The number of ether oxygens (including phenoxy) is 1. The van der Waals surface area contributed by atoms with Crippen LogP contribution in [0.3, 0.4) is 0 Å². The van der Waals surface area contributed by atoms with Crippen LogP contribution in [0.5, 0.6) is 0 Å². The summed E-state index contributed by atoms with van der Waals surface area (Å²) in [5, 5.41) is 3.37. The first-order valence-electron chi connectivity index (χ1n) is 9.64. The standard InChI is InChI=1S/C24H26O3Si2/c1-4-24(25)26-20-29(22-16-10-6-11-17-22,23-18-12-7-13-19-23)27-28(2,3)21-14-8-5-9-15-21/h4-19H,1,20H2,2-3H3. The normalized spacial score (nSPS) is 11.7. The number of carbonyl (C=O) groups excluding carboxylic acids is 1. The Morgan fingerprint density at radius 3 is 1.62 bits per heavy atom. The van der Waals surface area contributed by atoms with Crippen LogP contribution in [0.2, 0.25) is 13.1 Å². The van der Waals surface area contributed by atoms with Gasteiger partial charge in [-0.25, -0.2) is 4.79 Å². The molecular formula is C24H26O3Si2. The fourth-order valence-corrected chi connectivity index (χ4v) is 12.1. The molecule has 0 amide bonds. The van der Waals surface area contributed by atoms with Gasteiger partial charge in [-0.1, -0.05) is 97.6 Å². The highest BCUT2D eigenvalue weighted by atomic mass is 28.4. The van der Waals surface area contributed by atoms with E-state index in [1.165, 1.54) is 11.3 Å². The molecule has 0 N–H and O–H groups in total. The number of benzene rings is 3. The van der Waals surface area contributed by atoms with Gasteiger partial charge in [0.1, 0.15) is 6.23 Å². The van der Waals surface area contributed by atoms with Gasteiger partial charge in [0.15, 0.2) is 0 Å². The minimum atomic E-state index is -2.87. The van der Waals surface area contributed by atoms with Crippen LogP contribution in [0.4, 0.5) is 0 Å². The molecule has 0 spiro atoms. The average Bonchev–Trinajstić information content (AvgIpc) is 2.78. The lowest BCUT2D eigenvalue weighted by molar-refractivity contribution is -0.136. The summed E-state index contributed by atoms with van der Waals surface area (Å²) in [6.45, 7) is 7.94. The summed E-state index contributed by atoms with van der Waals surface area (Å²) < 4.78 is 12.8. The summed E-state index contributed by atoms with van der Waals surface area (Å²) in [4.78, 5) is 12.0. The van der Waals surface area contributed by atoms with Gasteiger partial charge in [0.2, 0.25) is 8.32 Å². The molecule has 3 nitrogen and oxygen atoms in total.